The van der Waals surface area contributed by atoms with Crippen molar-refractivity contribution < 1.29 is 14.2 Å². The number of rotatable bonds is 6. The largest absolute Gasteiger partial charge is 0.493 e. The molecule has 3 nitrogen and oxygen atoms in total. The minimum Gasteiger partial charge on any atom is -0.493 e. The number of ether oxygens (including phenoxy) is 3. The fourth-order valence-corrected chi connectivity index (χ4v) is 1.42. The fourth-order valence-electron chi connectivity index (χ4n) is 1.42. The first-order valence-electron chi connectivity index (χ1n) is 5.46. The summed E-state index contributed by atoms with van der Waals surface area (Å²) < 4.78 is 15.9. The molecule has 0 bridgehead atoms. The van der Waals surface area contributed by atoms with E-state index in [-0.39, 0.29) is 0 Å². The summed E-state index contributed by atoms with van der Waals surface area (Å²) in [4.78, 5) is 0. The molecule has 1 rings (SSSR count). The zero-order valence-corrected chi connectivity index (χ0v) is 10.5. The minimum atomic E-state index is 0.646. The van der Waals surface area contributed by atoms with Crippen LogP contribution in [0.2, 0.25) is 0 Å². The second kappa shape index (κ2) is 6.38. The predicted octanol–water partition coefficient (Wildman–Crippen LogP) is 2.73. The highest BCUT2D eigenvalue weighted by Gasteiger charge is 2.06. The average molecular weight is 224 g/mol. The molecule has 0 radical (unpaired) electrons. The summed E-state index contributed by atoms with van der Waals surface area (Å²) in [6, 6.07) is 4.02. The van der Waals surface area contributed by atoms with Gasteiger partial charge in [-0.15, -0.1) is 0 Å². The van der Waals surface area contributed by atoms with Crippen molar-refractivity contribution in [3.8, 4) is 11.5 Å². The highest BCUT2D eigenvalue weighted by atomic mass is 16.5. The molecule has 0 aliphatic heterocycles. The van der Waals surface area contributed by atoms with E-state index in [1.54, 1.807) is 14.2 Å². The van der Waals surface area contributed by atoms with Gasteiger partial charge in [-0.1, -0.05) is 0 Å². The van der Waals surface area contributed by atoms with Gasteiger partial charge in [0.1, 0.15) is 0 Å². The fraction of sp³-hybridized carbons (Fsp3) is 0.538. The Balaban J connectivity index is 2.66. The van der Waals surface area contributed by atoms with Crippen molar-refractivity contribution in [1.29, 1.82) is 0 Å². The smallest absolute Gasteiger partial charge is 0.161 e. The number of benzene rings is 1. The molecule has 0 saturated carbocycles. The molecule has 0 heterocycles. The van der Waals surface area contributed by atoms with Gasteiger partial charge < -0.3 is 14.2 Å². The van der Waals surface area contributed by atoms with Gasteiger partial charge in [0.25, 0.3) is 0 Å². The van der Waals surface area contributed by atoms with Crippen molar-refractivity contribution in [2.45, 2.75) is 20.3 Å². The standard InChI is InChI=1S/C13H20O3/c1-10-8-12(15-4)13(9-11(10)2)16-7-5-6-14-3/h8-9H,5-7H2,1-4H3. The molecule has 0 spiro atoms. The Hall–Kier alpha value is -1.22. The zero-order chi connectivity index (χ0) is 12.0. The van der Waals surface area contributed by atoms with Gasteiger partial charge in [0.2, 0.25) is 0 Å². The number of aryl methyl sites for hydroxylation is 2. The highest BCUT2D eigenvalue weighted by molar-refractivity contribution is 5.46. The van der Waals surface area contributed by atoms with Crippen molar-refractivity contribution in [3.05, 3.63) is 23.3 Å². The van der Waals surface area contributed by atoms with E-state index in [0.29, 0.717) is 13.2 Å². The molecule has 0 aliphatic rings. The molecular weight excluding hydrogens is 204 g/mol. The lowest BCUT2D eigenvalue weighted by Crippen LogP contribution is -2.03. The molecular formula is C13H20O3. The van der Waals surface area contributed by atoms with E-state index in [1.807, 2.05) is 12.1 Å². The van der Waals surface area contributed by atoms with Crippen LogP contribution < -0.4 is 9.47 Å². The summed E-state index contributed by atoms with van der Waals surface area (Å²) in [6.07, 6.45) is 0.882. The van der Waals surface area contributed by atoms with Crippen LogP contribution in [0.5, 0.6) is 11.5 Å². The summed E-state index contributed by atoms with van der Waals surface area (Å²) in [7, 11) is 3.35. The van der Waals surface area contributed by atoms with E-state index in [9.17, 15) is 0 Å². The van der Waals surface area contributed by atoms with Gasteiger partial charge in [0.05, 0.1) is 13.7 Å². The van der Waals surface area contributed by atoms with Crippen molar-refractivity contribution in [2.24, 2.45) is 0 Å². The molecule has 0 unspecified atom stereocenters. The van der Waals surface area contributed by atoms with Crippen molar-refractivity contribution in [1.82, 2.24) is 0 Å². The third-order valence-corrected chi connectivity index (χ3v) is 2.53. The zero-order valence-electron chi connectivity index (χ0n) is 10.5. The number of methoxy groups -OCH3 is 2. The van der Waals surface area contributed by atoms with E-state index >= 15 is 0 Å². The SMILES string of the molecule is COCCCOc1cc(C)c(C)cc1OC. The Morgan fingerprint density at radius 3 is 2.12 bits per heavy atom. The van der Waals surface area contributed by atoms with Crippen molar-refractivity contribution in [2.75, 3.05) is 27.4 Å². The molecule has 0 saturated heterocycles. The van der Waals surface area contributed by atoms with Crippen LogP contribution in [0, 0.1) is 13.8 Å². The third kappa shape index (κ3) is 3.42. The van der Waals surface area contributed by atoms with E-state index in [1.165, 1.54) is 11.1 Å². The summed E-state index contributed by atoms with van der Waals surface area (Å²) in [6.45, 7) is 5.49. The Kier molecular flexibility index (Phi) is 5.12. The van der Waals surface area contributed by atoms with Crippen LogP contribution in [0.1, 0.15) is 17.5 Å². The lowest BCUT2D eigenvalue weighted by atomic mass is 10.1. The Bertz CT molecular complexity index is 334. The lowest BCUT2D eigenvalue weighted by molar-refractivity contribution is 0.170. The van der Waals surface area contributed by atoms with Crippen molar-refractivity contribution >= 4 is 0 Å². The van der Waals surface area contributed by atoms with Gasteiger partial charge >= 0.3 is 0 Å². The van der Waals surface area contributed by atoms with E-state index in [0.717, 1.165) is 17.9 Å². The molecule has 0 aromatic heterocycles. The van der Waals surface area contributed by atoms with Crippen LogP contribution in [-0.4, -0.2) is 27.4 Å². The molecule has 0 atom stereocenters. The molecule has 0 fully saturated rings. The van der Waals surface area contributed by atoms with Crippen molar-refractivity contribution in [3.63, 3.8) is 0 Å². The van der Waals surface area contributed by atoms with E-state index in [2.05, 4.69) is 13.8 Å². The van der Waals surface area contributed by atoms with Crippen LogP contribution in [0.25, 0.3) is 0 Å². The second-order valence-electron chi connectivity index (χ2n) is 3.78. The number of hydrogen-bond acceptors (Lipinski definition) is 3. The summed E-state index contributed by atoms with van der Waals surface area (Å²) in [5.41, 5.74) is 2.42. The van der Waals surface area contributed by atoms with Gasteiger partial charge in [0.15, 0.2) is 11.5 Å². The highest BCUT2D eigenvalue weighted by Crippen LogP contribution is 2.30. The average Bonchev–Trinajstić information content (AvgIpc) is 2.28. The molecule has 0 amide bonds. The van der Waals surface area contributed by atoms with Crippen LogP contribution in [0.15, 0.2) is 12.1 Å². The molecule has 16 heavy (non-hydrogen) atoms. The maximum Gasteiger partial charge on any atom is 0.161 e. The van der Waals surface area contributed by atoms with E-state index < -0.39 is 0 Å². The normalized spacial score (nSPS) is 10.2. The Morgan fingerprint density at radius 1 is 0.938 bits per heavy atom. The van der Waals surface area contributed by atoms with Gasteiger partial charge in [-0.3, -0.25) is 0 Å². The molecule has 1 aromatic carbocycles. The summed E-state index contributed by atoms with van der Waals surface area (Å²) in [5, 5.41) is 0. The molecule has 0 aliphatic carbocycles. The van der Waals surface area contributed by atoms with Crippen LogP contribution in [0.3, 0.4) is 0 Å². The molecule has 3 heteroatoms. The predicted molar refractivity (Wildman–Crippen MR) is 64.5 cm³/mol. The maximum atomic E-state index is 5.66. The van der Waals surface area contributed by atoms with Gasteiger partial charge in [-0.05, 0) is 37.1 Å². The molecule has 1 aromatic rings. The molecule has 90 valence electrons. The first kappa shape index (κ1) is 12.8. The second-order valence-corrected chi connectivity index (χ2v) is 3.78. The van der Waals surface area contributed by atoms with Crippen LogP contribution >= 0.6 is 0 Å². The summed E-state index contributed by atoms with van der Waals surface area (Å²) >= 11 is 0. The monoisotopic (exact) mass is 224 g/mol. The first-order chi connectivity index (χ1) is 7.69. The topological polar surface area (TPSA) is 27.7 Å². The third-order valence-electron chi connectivity index (χ3n) is 2.53. The Morgan fingerprint density at radius 2 is 1.56 bits per heavy atom. The Labute approximate surface area is 97.3 Å². The van der Waals surface area contributed by atoms with Gasteiger partial charge in [-0.25, -0.2) is 0 Å². The van der Waals surface area contributed by atoms with Gasteiger partial charge in [-0.2, -0.15) is 0 Å². The first-order valence-corrected chi connectivity index (χ1v) is 5.46. The number of hydrogen-bond donors (Lipinski definition) is 0. The van der Waals surface area contributed by atoms with Crippen LogP contribution in [0.4, 0.5) is 0 Å². The maximum absolute atomic E-state index is 5.66. The van der Waals surface area contributed by atoms with E-state index in [4.69, 9.17) is 14.2 Å². The quantitative estimate of drug-likeness (QED) is 0.695. The summed E-state index contributed by atoms with van der Waals surface area (Å²) in [5.74, 6) is 1.60. The minimum absolute atomic E-state index is 0.646. The van der Waals surface area contributed by atoms with Crippen LogP contribution in [-0.2, 0) is 4.74 Å². The lowest BCUT2D eigenvalue weighted by Gasteiger charge is -2.12. The molecule has 0 N–H and O–H groups in total. The van der Waals surface area contributed by atoms with Gasteiger partial charge in [0, 0.05) is 20.1 Å².